The van der Waals surface area contributed by atoms with Gasteiger partial charge in [-0.15, -0.1) is 10.2 Å². The summed E-state index contributed by atoms with van der Waals surface area (Å²) in [7, 11) is 3.43. The van der Waals surface area contributed by atoms with Gasteiger partial charge >= 0.3 is 0 Å². The highest BCUT2D eigenvalue weighted by Gasteiger charge is 2.18. The third-order valence-electron chi connectivity index (χ3n) is 5.16. The number of hydrogen-bond acceptors (Lipinski definition) is 6. The second kappa shape index (κ2) is 11.0. The van der Waals surface area contributed by atoms with Gasteiger partial charge in [-0.1, -0.05) is 36.0 Å². The summed E-state index contributed by atoms with van der Waals surface area (Å²) in [5.41, 5.74) is 3.81. The van der Waals surface area contributed by atoms with Gasteiger partial charge in [-0.25, -0.2) is 0 Å². The molecule has 2 N–H and O–H groups in total. The summed E-state index contributed by atoms with van der Waals surface area (Å²) in [4.78, 5) is 24.9. The number of amides is 2. The van der Waals surface area contributed by atoms with Gasteiger partial charge in [0.2, 0.25) is 11.8 Å². The number of hydrogen-bond donors (Lipinski definition) is 2. The number of carbonyl (C=O) groups is 2. The normalized spacial score (nSPS) is 11.7. The standard InChI is InChI=1S/C24H29N5O3S/c1-15-6-7-16(2)20(12-15)26-22(31)14-33-24-28-27-23(29(24)4)17(3)25-21(30)13-18-8-10-19(32-5)11-9-18/h6-12,17H,13-14H2,1-5H3,(H,25,30)(H,26,31). The van der Waals surface area contributed by atoms with Crippen LogP contribution in [-0.4, -0.2) is 39.4 Å². The van der Waals surface area contributed by atoms with E-state index in [2.05, 4.69) is 20.8 Å². The number of anilines is 1. The van der Waals surface area contributed by atoms with Crippen LogP contribution in [0.25, 0.3) is 0 Å². The van der Waals surface area contributed by atoms with Crippen molar-refractivity contribution in [1.29, 1.82) is 0 Å². The first-order valence-electron chi connectivity index (χ1n) is 10.6. The zero-order valence-electron chi connectivity index (χ0n) is 19.5. The maximum Gasteiger partial charge on any atom is 0.234 e. The maximum atomic E-state index is 12.5. The lowest BCUT2D eigenvalue weighted by Crippen LogP contribution is -2.29. The third kappa shape index (κ3) is 6.58. The van der Waals surface area contributed by atoms with Crippen molar-refractivity contribution in [3.05, 3.63) is 65.0 Å². The summed E-state index contributed by atoms with van der Waals surface area (Å²) in [6.45, 7) is 5.81. The fourth-order valence-corrected chi connectivity index (χ4v) is 4.02. The molecule has 1 unspecified atom stereocenters. The van der Waals surface area contributed by atoms with Crippen molar-refractivity contribution >= 4 is 29.3 Å². The van der Waals surface area contributed by atoms with Crippen molar-refractivity contribution in [2.75, 3.05) is 18.2 Å². The van der Waals surface area contributed by atoms with Crippen molar-refractivity contribution in [1.82, 2.24) is 20.1 Å². The van der Waals surface area contributed by atoms with Crippen molar-refractivity contribution in [3.8, 4) is 5.75 Å². The third-order valence-corrected chi connectivity index (χ3v) is 6.18. The molecule has 1 aromatic heterocycles. The molecule has 3 aromatic rings. The molecule has 174 valence electrons. The summed E-state index contributed by atoms with van der Waals surface area (Å²) < 4.78 is 6.94. The first kappa shape index (κ1) is 24.3. The van der Waals surface area contributed by atoms with E-state index in [9.17, 15) is 9.59 Å². The predicted molar refractivity (Wildman–Crippen MR) is 130 cm³/mol. The number of methoxy groups -OCH3 is 1. The van der Waals surface area contributed by atoms with E-state index >= 15 is 0 Å². The van der Waals surface area contributed by atoms with Crippen molar-refractivity contribution < 1.29 is 14.3 Å². The Kier molecular flexibility index (Phi) is 8.11. The molecule has 0 fully saturated rings. The topological polar surface area (TPSA) is 98.1 Å². The van der Waals surface area contributed by atoms with Gasteiger partial charge in [-0.05, 0) is 55.7 Å². The molecular weight excluding hydrogens is 438 g/mol. The average Bonchev–Trinajstić information content (AvgIpc) is 3.15. The number of carbonyl (C=O) groups excluding carboxylic acids is 2. The van der Waals surface area contributed by atoms with Crippen LogP contribution in [0.3, 0.4) is 0 Å². The summed E-state index contributed by atoms with van der Waals surface area (Å²) in [6, 6.07) is 13.0. The molecule has 0 radical (unpaired) electrons. The van der Waals surface area contributed by atoms with E-state index in [1.165, 1.54) is 11.8 Å². The molecule has 0 aliphatic heterocycles. The molecule has 0 saturated heterocycles. The number of rotatable bonds is 9. The zero-order chi connectivity index (χ0) is 24.0. The highest BCUT2D eigenvalue weighted by atomic mass is 32.2. The Bertz CT molecular complexity index is 1130. The molecule has 0 bridgehead atoms. The minimum absolute atomic E-state index is 0.112. The zero-order valence-corrected chi connectivity index (χ0v) is 20.3. The van der Waals surface area contributed by atoms with Crippen molar-refractivity contribution in [2.24, 2.45) is 7.05 Å². The molecule has 3 rings (SSSR count). The number of benzene rings is 2. The van der Waals surface area contributed by atoms with Crippen LogP contribution in [0, 0.1) is 13.8 Å². The lowest BCUT2D eigenvalue weighted by molar-refractivity contribution is -0.121. The minimum atomic E-state index is -0.327. The number of nitrogens with zero attached hydrogens (tertiary/aromatic N) is 3. The van der Waals surface area contributed by atoms with Crippen LogP contribution in [0.1, 0.15) is 35.5 Å². The van der Waals surface area contributed by atoms with E-state index in [-0.39, 0.29) is 30.0 Å². The van der Waals surface area contributed by atoms with E-state index in [4.69, 9.17) is 4.74 Å². The summed E-state index contributed by atoms with van der Waals surface area (Å²) in [5, 5.41) is 14.9. The predicted octanol–water partition coefficient (Wildman–Crippen LogP) is 3.59. The van der Waals surface area contributed by atoms with Crippen LogP contribution in [0.15, 0.2) is 47.6 Å². The van der Waals surface area contributed by atoms with E-state index in [1.807, 2.05) is 70.3 Å². The lowest BCUT2D eigenvalue weighted by atomic mass is 10.1. The fraction of sp³-hybridized carbons (Fsp3) is 0.333. The Morgan fingerprint density at radius 2 is 1.82 bits per heavy atom. The molecule has 2 amide bonds. The van der Waals surface area contributed by atoms with Gasteiger partial charge in [0.25, 0.3) is 0 Å². The van der Waals surface area contributed by atoms with Crippen LogP contribution in [-0.2, 0) is 23.1 Å². The van der Waals surface area contributed by atoms with Gasteiger partial charge in [0.15, 0.2) is 11.0 Å². The molecule has 0 aliphatic rings. The average molecular weight is 468 g/mol. The smallest absolute Gasteiger partial charge is 0.234 e. The molecule has 0 aliphatic carbocycles. The number of aryl methyl sites for hydroxylation is 2. The Hall–Kier alpha value is -3.33. The van der Waals surface area contributed by atoms with Gasteiger partial charge in [0.05, 0.1) is 25.3 Å². The monoisotopic (exact) mass is 467 g/mol. The first-order valence-corrected chi connectivity index (χ1v) is 11.6. The largest absolute Gasteiger partial charge is 0.497 e. The molecule has 1 atom stereocenters. The molecule has 33 heavy (non-hydrogen) atoms. The van der Waals surface area contributed by atoms with Gasteiger partial charge in [0.1, 0.15) is 5.75 Å². The molecule has 1 heterocycles. The fourth-order valence-electron chi connectivity index (χ4n) is 3.30. The molecule has 9 heteroatoms. The van der Waals surface area contributed by atoms with Gasteiger partial charge in [-0.3, -0.25) is 9.59 Å². The van der Waals surface area contributed by atoms with Crippen molar-refractivity contribution in [3.63, 3.8) is 0 Å². The van der Waals surface area contributed by atoms with E-state index < -0.39 is 0 Å². The van der Waals surface area contributed by atoms with Gasteiger partial charge in [-0.2, -0.15) is 0 Å². The Morgan fingerprint density at radius 3 is 2.52 bits per heavy atom. The number of nitrogens with one attached hydrogen (secondary N) is 2. The van der Waals surface area contributed by atoms with E-state index in [0.717, 1.165) is 28.1 Å². The van der Waals surface area contributed by atoms with Gasteiger partial charge in [0, 0.05) is 12.7 Å². The summed E-state index contributed by atoms with van der Waals surface area (Å²) >= 11 is 1.30. The maximum absolute atomic E-state index is 12.5. The summed E-state index contributed by atoms with van der Waals surface area (Å²) in [5.74, 6) is 1.35. The van der Waals surface area contributed by atoms with Crippen LogP contribution in [0.4, 0.5) is 5.69 Å². The minimum Gasteiger partial charge on any atom is -0.497 e. The summed E-state index contributed by atoms with van der Waals surface area (Å²) in [6.07, 6.45) is 0.256. The second-order valence-electron chi connectivity index (χ2n) is 7.87. The number of aromatic nitrogens is 3. The molecule has 2 aromatic carbocycles. The van der Waals surface area contributed by atoms with Gasteiger partial charge < -0.3 is 19.9 Å². The van der Waals surface area contributed by atoms with Crippen molar-refractivity contribution in [2.45, 2.75) is 38.4 Å². The van der Waals surface area contributed by atoms with E-state index in [0.29, 0.717) is 11.0 Å². The van der Waals surface area contributed by atoms with Crippen LogP contribution < -0.4 is 15.4 Å². The first-order chi connectivity index (χ1) is 15.8. The second-order valence-corrected chi connectivity index (χ2v) is 8.81. The number of thioether (sulfide) groups is 1. The quantitative estimate of drug-likeness (QED) is 0.467. The highest BCUT2D eigenvalue weighted by Crippen LogP contribution is 2.21. The van der Waals surface area contributed by atoms with E-state index in [1.54, 1.807) is 11.7 Å². The van der Waals surface area contributed by atoms with Crippen LogP contribution in [0.2, 0.25) is 0 Å². The Labute approximate surface area is 198 Å². The number of ether oxygens (including phenoxy) is 1. The molecule has 8 nitrogen and oxygen atoms in total. The lowest BCUT2D eigenvalue weighted by Gasteiger charge is -2.14. The SMILES string of the molecule is COc1ccc(CC(=O)NC(C)c2nnc(SCC(=O)Nc3cc(C)ccc3C)n2C)cc1. The van der Waals surface area contributed by atoms with Crippen LogP contribution in [0.5, 0.6) is 5.75 Å². The Morgan fingerprint density at radius 1 is 1.09 bits per heavy atom. The highest BCUT2D eigenvalue weighted by molar-refractivity contribution is 7.99. The van der Waals surface area contributed by atoms with Crippen LogP contribution >= 0.6 is 11.8 Å². The molecular formula is C24H29N5O3S. The molecule has 0 saturated carbocycles. The Balaban J connectivity index is 1.53. The molecule has 0 spiro atoms.